The summed E-state index contributed by atoms with van der Waals surface area (Å²) >= 11 is 0. The Hall–Kier alpha value is -1.34. The highest BCUT2D eigenvalue weighted by molar-refractivity contribution is 5.81. The monoisotopic (exact) mass is 224 g/mol. The van der Waals surface area contributed by atoms with Crippen LogP contribution >= 0.6 is 0 Å². The van der Waals surface area contributed by atoms with E-state index < -0.39 is 5.92 Å². The second-order valence-corrected chi connectivity index (χ2v) is 3.54. The van der Waals surface area contributed by atoms with Gasteiger partial charge in [0.25, 0.3) is 0 Å². The molecule has 1 amide bonds. The molecule has 0 aromatic carbocycles. The molecule has 0 aliphatic carbocycles. The van der Waals surface area contributed by atoms with Crippen LogP contribution in [-0.2, 0) is 9.53 Å². The van der Waals surface area contributed by atoms with Crippen molar-refractivity contribution >= 4 is 5.91 Å². The molecule has 0 saturated heterocycles. The summed E-state index contributed by atoms with van der Waals surface area (Å²) in [6.07, 6.45) is 3.10. The zero-order valence-electron chi connectivity index (χ0n) is 10.1. The highest BCUT2D eigenvalue weighted by Crippen LogP contribution is 2.09. The molecule has 0 fully saturated rings. The molecule has 0 heterocycles. The summed E-state index contributed by atoms with van der Waals surface area (Å²) in [5, 5.41) is 8.92. The Morgan fingerprint density at radius 2 is 2.38 bits per heavy atom. The second kappa shape index (κ2) is 8.93. The predicted molar refractivity (Wildman–Crippen MR) is 62.7 cm³/mol. The van der Waals surface area contributed by atoms with E-state index in [0.29, 0.717) is 26.1 Å². The van der Waals surface area contributed by atoms with E-state index >= 15 is 0 Å². The molecule has 16 heavy (non-hydrogen) atoms. The first-order chi connectivity index (χ1) is 7.71. The molecular formula is C12H20N2O2. The number of amides is 1. The molecule has 0 radical (unpaired) electrons. The molecule has 0 aliphatic heterocycles. The van der Waals surface area contributed by atoms with Crippen LogP contribution in [-0.4, -0.2) is 37.6 Å². The maximum absolute atomic E-state index is 12.0. The highest BCUT2D eigenvalue weighted by atomic mass is 16.5. The van der Waals surface area contributed by atoms with Crippen molar-refractivity contribution < 1.29 is 9.53 Å². The van der Waals surface area contributed by atoms with Gasteiger partial charge in [0, 0.05) is 20.2 Å². The Labute approximate surface area is 97.5 Å². The number of rotatable bonds is 8. The van der Waals surface area contributed by atoms with E-state index in [4.69, 9.17) is 10.00 Å². The fourth-order valence-corrected chi connectivity index (χ4v) is 1.40. The number of ether oxygens (including phenoxy) is 1. The minimum atomic E-state index is -0.540. The standard InChI is InChI=1S/C12H20N2O2/c1-4-6-11(10-13)12(15)14(7-5-2)8-9-16-3/h5,11H,2,4,6-9H2,1,3H3. The fraction of sp³-hybridized carbons (Fsp3) is 0.667. The van der Waals surface area contributed by atoms with Crippen molar-refractivity contribution in [1.29, 1.82) is 5.26 Å². The first kappa shape index (κ1) is 14.7. The lowest BCUT2D eigenvalue weighted by atomic mass is 10.0. The number of hydrogen-bond donors (Lipinski definition) is 0. The van der Waals surface area contributed by atoms with Crippen molar-refractivity contribution in [2.75, 3.05) is 26.8 Å². The fourth-order valence-electron chi connectivity index (χ4n) is 1.40. The number of hydrogen-bond acceptors (Lipinski definition) is 3. The maximum Gasteiger partial charge on any atom is 0.240 e. The summed E-state index contributed by atoms with van der Waals surface area (Å²) in [4.78, 5) is 13.6. The number of nitriles is 1. The van der Waals surface area contributed by atoms with Crippen molar-refractivity contribution in [2.45, 2.75) is 19.8 Å². The highest BCUT2D eigenvalue weighted by Gasteiger charge is 2.22. The number of carbonyl (C=O) groups is 1. The topological polar surface area (TPSA) is 53.3 Å². The van der Waals surface area contributed by atoms with Crippen molar-refractivity contribution in [2.24, 2.45) is 5.92 Å². The molecule has 1 unspecified atom stereocenters. The van der Waals surface area contributed by atoms with Gasteiger partial charge in [0.05, 0.1) is 12.7 Å². The van der Waals surface area contributed by atoms with E-state index in [1.54, 1.807) is 18.1 Å². The molecule has 0 aromatic heterocycles. The van der Waals surface area contributed by atoms with Crippen LogP contribution in [0.5, 0.6) is 0 Å². The molecule has 0 bridgehead atoms. The lowest BCUT2D eigenvalue weighted by Crippen LogP contribution is -2.38. The van der Waals surface area contributed by atoms with Gasteiger partial charge in [-0.25, -0.2) is 0 Å². The second-order valence-electron chi connectivity index (χ2n) is 3.54. The van der Waals surface area contributed by atoms with E-state index in [-0.39, 0.29) is 5.91 Å². The molecule has 90 valence electrons. The predicted octanol–water partition coefficient (Wildman–Crippen LogP) is 1.59. The Bertz CT molecular complexity index is 258. The Balaban J connectivity index is 4.44. The summed E-state index contributed by atoms with van der Waals surface area (Å²) in [7, 11) is 1.59. The molecule has 4 nitrogen and oxygen atoms in total. The third-order valence-electron chi connectivity index (χ3n) is 2.26. The molecule has 0 rings (SSSR count). The summed E-state index contributed by atoms with van der Waals surface area (Å²) < 4.78 is 4.93. The van der Waals surface area contributed by atoms with Crippen molar-refractivity contribution in [3.63, 3.8) is 0 Å². The minimum Gasteiger partial charge on any atom is -0.383 e. The molecule has 0 spiro atoms. The van der Waals surface area contributed by atoms with Gasteiger partial charge in [-0.15, -0.1) is 6.58 Å². The summed E-state index contributed by atoms with van der Waals surface area (Å²) in [5.41, 5.74) is 0. The summed E-state index contributed by atoms with van der Waals surface area (Å²) in [6, 6.07) is 2.05. The summed E-state index contributed by atoms with van der Waals surface area (Å²) in [5.74, 6) is -0.664. The zero-order valence-corrected chi connectivity index (χ0v) is 10.1. The molecular weight excluding hydrogens is 204 g/mol. The van der Waals surface area contributed by atoms with E-state index in [0.717, 1.165) is 6.42 Å². The molecule has 4 heteroatoms. The van der Waals surface area contributed by atoms with Crippen molar-refractivity contribution in [3.8, 4) is 6.07 Å². The Morgan fingerprint density at radius 1 is 1.69 bits per heavy atom. The van der Waals surface area contributed by atoms with Gasteiger partial charge in [0.1, 0.15) is 5.92 Å². The number of nitrogens with zero attached hydrogens (tertiary/aromatic N) is 2. The van der Waals surface area contributed by atoms with Crippen LogP contribution in [0.1, 0.15) is 19.8 Å². The first-order valence-electron chi connectivity index (χ1n) is 5.49. The first-order valence-corrected chi connectivity index (χ1v) is 5.49. The molecule has 0 saturated carbocycles. The minimum absolute atomic E-state index is 0.124. The van der Waals surface area contributed by atoms with E-state index in [2.05, 4.69) is 12.6 Å². The average molecular weight is 224 g/mol. The van der Waals surface area contributed by atoms with Gasteiger partial charge in [0.2, 0.25) is 5.91 Å². The Morgan fingerprint density at radius 3 is 2.81 bits per heavy atom. The average Bonchev–Trinajstić information content (AvgIpc) is 2.30. The van der Waals surface area contributed by atoms with Crippen LogP contribution in [0.25, 0.3) is 0 Å². The lowest BCUT2D eigenvalue weighted by molar-refractivity contribution is -0.134. The van der Waals surface area contributed by atoms with Crippen LogP contribution < -0.4 is 0 Å². The van der Waals surface area contributed by atoms with Crippen LogP contribution in [0.4, 0.5) is 0 Å². The SMILES string of the molecule is C=CCN(CCOC)C(=O)C(C#N)CCC. The van der Waals surface area contributed by atoms with Crippen LogP contribution in [0.15, 0.2) is 12.7 Å². The van der Waals surface area contributed by atoms with E-state index in [9.17, 15) is 4.79 Å². The van der Waals surface area contributed by atoms with Gasteiger partial charge < -0.3 is 9.64 Å². The van der Waals surface area contributed by atoms with Crippen LogP contribution in [0.2, 0.25) is 0 Å². The zero-order chi connectivity index (χ0) is 12.4. The van der Waals surface area contributed by atoms with Gasteiger partial charge in [0.15, 0.2) is 0 Å². The van der Waals surface area contributed by atoms with Gasteiger partial charge in [-0.2, -0.15) is 5.26 Å². The van der Waals surface area contributed by atoms with Gasteiger partial charge in [-0.05, 0) is 6.42 Å². The van der Waals surface area contributed by atoms with Crippen molar-refractivity contribution in [1.82, 2.24) is 4.90 Å². The van der Waals surface area contributed by atoms with Crippen LogP contribution in [0.3, 0.4) is 0 Å². The molecule has 0 aliphatic rings. The quantitative estimate of drug-likeness (QED) is 0.588. The van der Waals surface area contributed by atoms with E-state index in [1.165, 1.54) is 0 Å². The van der Waals surface area contributed by atoms with Gasteiger partial charge >= 0.3 is 0 Å². The smallest absolute Gasteiger partial charge is 0.240 e. The van der Waals surface area contributed by atoms with Gasteiger partial charge in [-0.1, -0.05) is 19.4 Å². The van der Waals surface area contributed by atoms with E-state index in [1.807, 2.05) is 6.92 Å². The van der Waals surface area contributed by atoms with Crippen molar-refractivity contribution in [3.05, 3.63) is 12.7 Å². The lowest BCUT2D eigenvalue weighted by Gasteiger charge is -2.22. The normalized spacial score (nSPS) is 11.6. The summed E-state index contributed by atoms with van der Waals surface area (Å²) in [6.45, 7) is 7.01. The molecule has 0 aromatic rings. The molecule has 1 atom stereocenters. The third-order valence-corrected chi connectivity index (χ3v) is 2.26. The number of carbonyl (C=O) groups excluding carboxylic acids is 1. The maximum atomic E-state index is 12.0. The molecule has 0 N–H and O–H groups in total. The van der Waals surface area contributed by atoms with Gasteiger partial charge in [-0.3, -0.25) is 4.79 Å². The number of methoxy groups -OCH3 is 1. The third kappa shape index (κ3) is 4.94. The Kier molecular flexibility index (Phi) is 8.18. The largest absolute Gasteiger partial charge is 0.383 e. The van der Waals surface area contributed by atoms with Crippen LogP contribution in [0, 0.1) is 17.2 Å².